The van der Waals surface area contributed by atoms with Gasteiger partial charge >= 0.3 is 0 Å². The van der Waals surface area contributed by atoms with E-state index in [2.05, 4.69) is 0 Å². The van der Waals surface area contributed by atoms with Gasteiger partial charge in [-0.05, 0) is 6.42 Å². The van der Waals surface area contributed by atoms with Gasteiger partial charge in [-0.2, -0.15) is 11.8 Å². The molecule has 3 heteroatoms. The molecule has 0 rings (SSSR count). The fourth-order valence-electron chi connectivity index (χ4n) is 0.602. The molecule has 0 fully saturated rings. The van der Waals surface area contributed by atoms with Crippen molar-refractivity contribution in [3.63, 3.8) is 0 Å². The van der Waals surface area contributed by atoms with Gasteiger partial charge in [-0.15, -0.1) is 0 Å². The van der Waals surface area contributed by atoms with Crippen molar-refractivity contribution in [3.05, 3.63) is 0 Å². The van der Waals surface area contributed by atoms with Crippen LogP contribution in [0.15, 0.2) is 0 Å². The fourth-order valence-corrected chi connectivity index (χ4v) is 1.55. The number of carbonyl (C=O) groups is 1. The van der Waals surface area contributed by atoms with Crippen LogP contribution in [-0.4, -0.2) is 28.5 Å². The Morgan fingerprint density at radius 3 is 2.73 bits per heavy atom. The van der Waals surface area contributed by atoms with Crippen molar-refractivity contribution in [2.75, 3.05) is 12.4 Å². The van der Waals surface area contributed by atoms with E-state index in [0.29, 0.717) is 23.2 Å². The van der Waals surface area contributed by atoms with Gasteiger partial charge in [-0.25, -0.2) is 0 Å². The van der Waals surface area contributed by atoms with E-state index in [0.717, 1.165) is 6.42 Å². The second kappa shape index (κ2) is 6.68. The SMILES string of the molecule is CCC(=O)CSC(C)CCO. The molecule has 11 heavy (non-hydrogen) atoms. The van der Waals surface area contributed by atoms with Crippen LogP contribution in [0.4, 0.5) is 0 Å². The molecule has 0 aromatic heterocycles. The molecule has 0 radical (unpaired) electrons. The van der Waals surface area contributed by atoms with Gasteiger partial charge in [0.05, 0.1) is 5.75 Å². The molecule has 0 saturated heterocycles. The van der Waals surface area contributed by atoms with Crippen LogP contribution in [0.3, 0.4) is 0 Å². The lowest BCUT2D eigenvalue weighted by Gasteiger charge is -2.07. The maximum Gasteiger partial charge on any atom is 0.142 e. The molecule has 0 aliphatic carbocycles. The largest absolute Gasteiger partial charge is 0.396 e. The summed E-state index contributed by atoms with van der Waals surface area (Å²) >= 11 is 1.62. The highest BCUT2D eigenvalue weighted by molar-refractivity contribution is 8.00. The van der Waals surface area contributed by atoms with Crippen molar-refractivity contribution >= 4 is 17.5 Å². The Bertz CT molecular complexity index is 115. The second-order valence-corrected chi connectivity index (χ2v) is 3.95. The summed E-state index contributed by atoms with van der Waals surface area (Å²) in [7, 11) is 0. The van der Waals surface area contributed by atoms with Crippen molar-refractivity contribution in [3.8, 4) is 0 Å². The van der Waals surface area contributed by atoms with Crippen LogP contribution in [-0.2, 0) is 4.79 Å². The summed E-state index contributed by atoms with van der Waals surface area (Å²) < 4.78 is 0. The minimum absolute atomic E-state index is 0.217. The Morgan fingerprint density at radius 1 is 1.64 bits per heavy atom. The summed E-state index contributed by atoms with van der Waals surface area (Å²) in [6, 6.07) is 0. The molecule has 0 heterocycles. The Morgan fingerprint density at radius 2 is 2.27 bits per heavy atom. The molecular weight excluding hydrogens is 160 g/mol. The van der Waals surface area contributed by atoms with Crippen LogP contribution in [0.1, 0.15) is 26.7 Å². The minimum Gasteiger partial charge on any atom is -0.396 e. The molecule has 0 aliphatic rings. The molecule has 1 atom stereocenters. The zero-order valence-electron chi connectivity index (χ0n) is 7.17. The van der Waals surface area contributed by atoms with E-state index in [9.17, 15) is 4.79 Å². The summed E-state index contributed by atoms with van der Waals surface area (Å²) in [5.74, 6) is 0.886. The first-order chi connectivity index (χ1) is 5.20. The molecular formula is C8H16O2S. The van der Waals surface area contributed by atoms with Gasteiger partial charge in [0.2, 0.25) is 0 Å². The summed E-state index contributed by atoms with van der Waals surface area (Å²) in [5, 5.41) is 8.96. The molecule has 66 valence electrons. The molecule has 0 aliphatic heterocycles. The highest BCUT2D eigenvalue weighted by Crippen LogP contribution is 2.13. The van der Waals surface area contributed by atoms with Crippen LogP contribution in [0.25, 0.3) is 0 Å². The number of ketones is 1. The van der Waals surface area contributed by atoms with E-state index in [-0.39, 0.29) is 6.61 Å². The number of Topliss-reactive ketones (excluding diaryl/α,β-unsaturated/α-hetero) is 1. The van der Waals surface area contributed by atoms with Gasteiger partial charge in [0.1, 0.15) is 5.78 Å². The molecule has 0 bridgehead atoms. The number of aliphatic hydroxyl groups is 1. The minimum atomic E-state index is 0.217. The van der Waals surface area contributed by atoms with Crippen molar-refractivity contribution in [2.45, 2.75) is 31.9 Å². The predicted molar refractivity (Wildman–Crippen MR) is 48.9 cm³/mol. The Kier molecular flexibility index (Phi) is 6.66. The highest BCUT2D eigenvalue weighted by Gasteiger charge is 2.04. The van der Waals surface area contributed by atoms with Crippen molar-refractivity contribution < 1.29 is 9.90 Å². The first kappa shape index (κ1) is 11.0. The number of aliphatic hydroxyl groups excluding tert-OH is 1. The molecule has 0 aromatic carbocycles. The lowest BCUT2D eigenvalue weighted by atomic mass is 10.3. The summed E-state index contributed by atoms with van der Waals surface area (Å²) in [6.45, 7) is 4.12. The number of hydrogen-bond acceptors (Lipinski definition) is 3. The lowest BCUT2D eigenvalue weighted by Crippen LogP contribution is -2.06. The monoisotopic (exact) mass is 176 g/mol. The number of thioether (sulfide) groups is 1. The molecule has 0 saturated carbocycles. The third-order valence-corrected chi connectivity index (χ3v) is 2.75. The molecule has 0 aromatic rings. The van der Waals surface area contributed by atoms with Crippen molar-refractivity contribution in [1.82, 2.24) is 0 Å². The zero-order chi connectivity index (χ0) is 8.69. The number of rotatable bonds is 6. The molecule has 1 unspecified atom stereocenters. The third-order valence-electron chi connectivity index (χ3n) is 1.46. The van der Waals surface area contributed by atoms with E-state index in [1.54, 1.807) is 11.8 Å². The smallest absolute Gasteiger partial charge is 0.142 e. The van der Waals surface area contributed by atoms with Crippen molar-refractivity contribution in [2.24, 2.45) is 0 Å². The molecule has 1 N–H and O–H groups in total. The van der Waals surface area contributed by atoms with E-state index in [1.165, 1.54) is 0 Å². The summed E-state index contributed by atoms with van der Waals surface area (Å²) in [5.41, 5.74) is 0. The fraction of sp³-hybridized carbons (Fsp3) is 0.875. The van der Waals surface area contributed by atoms with Crippen LogP contribution < -0.4 is 0 Å². The normalized spacial score (nSPS) is 13.0. The first-order valence-electron chi connectivity index (χ1n) is 3.94. The van der Waals surface area contributed by atoms with Crippen LogP contribution in [0, 0.1) is 0 Å². The quantitative estimate of drug-likeness (QED) is 0.666. The molecule has 2 nitrogen and oxygen atoms in total. The van der Waals surface area contributed by atoms with E-state index >= 15 is 0 Å². The second-order valence-electron chi connectivity index (χ2n) is 2.53. The predicted octanol–water partition coefficient (Wildman–Crippen LogP) is 1.47. The van der Waals surface area contributed by atoms with Gasteiger partial charge < -0.3 is 5.11 Å². The summed E-state index contributed by atoms with van der Waals surface area (Å²) in [4.78, 5) is 10.8. The standard InChI is InChI=1S/C8H16O2S/c1-3-8(10)6-11-7(2)4-5-9/h7,9H,3-6H2,1-2H3. The van der Waals surface area contributed by atoms with E-state index in [1.807, 2.05) is 13.8 Å². The van der Waals surface area contributed by atoms with Gasteiger partial charge in [0, 0.05) is 18.3 Å². The summed E-state index contributed by atoms with van der Waals surface area (Å²) in [6.07, 6.45) is 1.40. The maximum absolute atomic E-state index is 10.8. The van der Waals surface area contributed by atoms with E-state index < -0.39 is 0 Å². The van der Waals surface area contributed by atoms with Crippen LogP contribution in [0.5, 0.6) is 0 Å². The van der Waals surface area contributed by atoms with Gasteiger partial charge in [0.25, 0.3) is 0 Å². The topological polar surface area (TPSA) is 37.3 Å². The van der Waals surface area contributed by atoms with Crippen LogP contribution >= 0.6 is 11.8 Å². The zero-order valence-corrected chi connectivity index (χ0v) is 7.99. The maximum atomic E-state index is 10.8. The first-order valence-corrected chi connectivity index (χ1v) is 4.99. The van der Waals surface area contributed by atoms with Crippen LogP contribution in [0.2, 0.25) is 0 Å². The van der Waals surface area contributed by atoms with E-state index in [4.69, 9.17) is 5.11 Å². The van der Waals surface area contributed by atoms with Gasteiger partial charge in [0.15, 0.2) is 0 Å². The average molecular weight is 176 g/mol. The van der Waals surface area contributed by atoms with Gasteiger partial charge in [-0.1, -0.05) is 13.8 Å². The highest BCUT2D eigenvalue weighted by atomic mass is 32.2. The molecule has 0 spiro atoms. The van der Waals surface area contributed by atoms with Crippen molar-refractivity contribution in [1.29, 1.82) is 0 Å². The third kappa shape index (κ3) is 6.38. The number of hydrogen-bond donors (Lipinski definition) is 1. The Balaban J connectivity index is 3.29. The number of carbonyl (C=O) groups excluding carboxylic acids is 1. The lowest BCUT2D eigenvalue weighted by molar-refractivity contribution is -0.116. The Hall–Kier alpha value is -0.0200. The Labute approximate surface area is 72.4 Å². The average Bonchev–Trinajstić information content (AvgIpc) is 2.01. The van der Waals surface area contributed by atoms with Gasteiger partial charge in [-0.3, -0.25) is 4.79 Å². The molecule has 0 amide bonds.